The van der Waals surface area contributed by atoms with Crippen molar-refractivity contribution in [3.05, 3.63) is 46.5 Å². The molecule has 1 aromatic rings. The van der Waals surface area contributed by atoms with Crippen LogP contribution in [0.15, 0.2) is 40.9 Å². The molecule has 1 N–H and O–H groups in total. The molecule has 0 saturated heterocycles. The zero-order valence-electron chi connectivity index (χ0n) is 10.8. The molecule has 0 spiro atoms. The van der Waals surface area contributed by atoms with Gasteiger partial charge in [0.25, 0.3) is 0 Å². The molecule has 0 radical (unpaired) electrons. The number of halogens is 1. The Hall–Kier alpha value is -0.600. The maximum absolute atomic E-state index is 3.70. The SMILES string of the molecule is C[C@H](NCC1CC2C=CC1C2)c1cccc(Br)c1. The summed E-state index contributed by atoms with van der Waals surface area (Å²) in [4.78, 5) is 0. The molecule has 3 unspecified atom stereocenters. The molecule has 0 amide bonds. The third kappa shape index (κ3) is 2.55. The first kappa shape index (κ1) is 12.4. The molecule has 1 fully saturated rings. The van der Waals surface area contributed by atoms with E-state index in [1.807, 2.05) is 0 Å². The minimum absolute atomic E-state index is 0.436. The van der Waals surface area contributed by atoms with Crippen molar-refractivity contribution in [3.63, 3.8) is 0 Å². The standard InChI is InChI=1S/C16H20BrN/c1-11(13-3-2-4-16(17)9-13)18-10-15-8-12-5-6-14(15)7-12/h2-6,9,11-12,14-15,18H,7-8,10H2,1H3/t11-,12?,14?,15?/m0/s1. The van der Waals surface area contributed by atoms with E-state index in [1.165, 1.54) is 18.4 Å². The van der Waals surface area contributed by atoms with Crippen molar-refractivity contribution in [2.75, 3.05) is 6.54 Å². The minimum atomic E-state index is 0.436. The molecular formula is C16H20BrN. The second-order valence-electron chi connectivity index (χ2n) is 5.73. The van der Waals surface area contributed by atoms with E-state index in [9.17, 15) is 0 Å². The van der Waals surface area contributed by atoms with Gasteiger partial charge in [-0.25, -0.2) is 0 Å². The zero-order valence-corrected chi connectivity index (χ0v) is 12.4. The van der Waals surface area contributed by atoms with E-state index in [2.05, 4.69) is 64.6 Å². The number of allylic oxidation sites excluding steroid dienone is 2. The molecular weight excluding hydrogens is 286 g/mol. The second kappa shape index (κ2) is 5.18. The smallest absolute Gasteiger partial charge is 0.0292 e. The molecule has 1 nitrogen and oxygen atoms in total. The van der Waals surface area contributed by atoms with E-state index in [-0.39, 0.29) is 0 Å². The van der Waals surface area contributed by atoms with Gasteiger partial charge in [0.1, 0.15) is 0 Å². The lowest BCUT2D eigenvalue weighted by Gasteiger charge is -2.22. The van der Waals surface area contributed by atoms with Gasteiger partial charge in [0.2, 0.25) is 0 Å². The van der Waals surface area contributed by atoms with Crippen LogP contribution in [-0.4, -0.2) is 6.54 Å². The van der Waals surface area contributed by atoms with Crippen LogP contribution in [0.2, 0.25) is 0 Å². The third-order valence-corrected chi connectivity index (χ3v) is 4.94. The molecule has 96 valence electrons. The van der Waals surface area contributed by atoms with E-state index in [0.717, 1.165) is 28.8 Å². The summed E-state index contributed by atoms with van der Waals surface area (Å²) in [5.74, 6) is 2.58. The monoisotopic (exact) mass is 305 g/mol. The number of fused-ring (bicyclic) bond motifs is 2. The number of hydrogen-bond donors (Lipinski definition) is 1. The Morgan fingerprint density at radius 3 is 2.89 bits per heavy atom. The molecule has 18 heavy (non-hydrogen) atoms. The van der Waals surface area contributed by atoms with Gasteiger partial charge in [0.15, 0.2) is 0 Å². The molecule has 3 rings (SSSR count). The van der Waals surface area contributed by atoms with E-state index in [0.29, 0.717) is 6.04 Å². The van der Waals surface area contributed by atoms with Crippen molar-refractivity contribution in [2.45, 2.75) is 25.8 Å². The minimum Gasteiger partial charge on any atom is -0.310 e. The van der Waals surface area contributed by atoms with Crippen molar-refractivity contribution in [1.29, 1.82) is 0 Å². The topological polar surface area (TPSA) is 12.0 Å². The molecule has 2 bridgehead atoms. The Labute approximate surface area is 118 Å². The molecule has 0 aromatic heterocycles. The van der Waals surface area contributed by atoms with Crippen molar-refractivity contribution in [2.24, 2.45) is 17.8 Å². The lowest BCUT2D eigenvalue weighted by molar-refractivity contribution is 0.393. The number of rotatable bonds is 4. The predicted octanol–water partition coefficient (Wildman–Crippen LogP) is 4.31. The Morgan fingerprint density at radius 2 is 2.22 bits per heavy atom. The third-order valence-electron chi connectivity index (χ3n) is 4.45. The summed E-state index contributed by atoms with van der Waals surface area (Å²) in [5.41, 5.74) is 1.36. The Kier molecular flexibility index (Phi) is 3.58. The quantitative estimate of drug-likeness (QED) is 0.817. The van der Waals surface area contributed by atoms with Gasteiger partial charge in [-0.15, -0.1) is 0 Å². The maximum atomic E-state index is 3.70. The van der Waals surface area contributed by atoms with Crippen LogP contribution in [-0.2, 0) is 0 Å². The lowest BCUT2D eigenvalue weighted by Crippen LogP contribution is -2.27. The fourth-order valence-corrected chi connectivity index (χ4v) is 3.77. The van der Waals surface area contributed by atoms with Gasteiger partial charge in [-0.3, -0.25) is 0 Å². The van der Waals surface area contributed by atoms with E-state index < -0.39 is 0 Å². The van der Waals surface area contributed by atoms with Crippen LogP contribution in [0, 0.1) is 17.8 Å². The van der Waals surface area contributed by atoms with Crippen LogP contribution >= 0.6 is 15.9 Å². The largest absolute Gasteiger partial charge is 0.310 e. The van der Waals surface area contributed by atoms with Gasteiger partial charge >= 0.3 is 0 Å². The number of benzene rings is 1. The summed E-state index contributed by atoms with van der Waals surface area (Å²) in [6.45, 7) is 3.41. The van der Waals surface area contributed by atoms with Crippen LogP contribution in [0.4, 0.5) is 0 Å². The molecule has 0 heterocycles. The average Bonchev–Trinajstić information content (AvgIpc) is 2.98. The highest BCUT2D eigenvalue weighted by atomic mass is 79.9. The second-order valence-corrected chi connectivity index (χ2v) is 6.64. The van der Waals surface area contributed by atoms with Crippen molar-refractivity contribution in [1.82, 2.24) is 5.32 Å². The van der Waals surface area contributed by atoms with Gasteiger partial charge in [0.05, 0.1) is 0 Å². The average molecular weight is 306 g/mol. The fourth-order valence-electron chi connectivity index (χ4n) is 3.35. The van der Waals surface area contributed by atoms with E-state index >= 15 is 0 Å². The molecule has 0 aliphatic heterocycles. The van der Waals surface area contributed by atoms with E-state index in [4.69, 9.17) is 0 Å². The highest BCUT2D eigenvalue weighted by molar-refractivity contribution is 9.10. The number of nitrogens with one attached hydrogen (secondary N) is 1. The molecule has 2 heteroatoms. The summed E-state index contributed by atoms with van der Waals surface area (Å²) < 4.78 is 1.16. The fraction of sp³-hybridized carbons (Fsp3) is 0.500. The van der Waals surface area contributed by atoms with Gasteiger partial charge in [0, 0.05) is 10.5 Å². The predicted molar refractivity (Wildman–Crippen MR) is 79.4 cm³/mol. The van der Waals surface area contributed by atoms with Crippen molar-refractivity contribution in [3.8, 4) is 0 Å². The van der Waals surface area contributed by atoms with Gasteiger partial charge in [-0.05, 0) is 61.8 Å². The molecule has 1 aromatic carbocycles. The molecule has 1 saturated carbocycles. The molecule has 2 aliphatic rings. The summed E-state index contributed by atoms with van der Waals surface area (Å²) in [7, 11) is 0. The normalized spacial score (nSPS) is 30.9. The molecule has 4 atom stereocenters. The highest BCUT2D eigenvalue weighted by Gasteiger charge is 2.35. The Morgan fingerprint density at radius 1 is 1.33 bits per heavy atom. The van der Waals surface area contributed by atoms with Crippen molar-refractivity contribution < 1.29 is 0 Å². The Balaban J connectivity index is 1.55. The van der Waals surface area contributed by atoms with Crippen molar-refractivity contribution >= 4 is 15.9 Å². The van der Waals surface area contributed by atoms with Crippen LogP contribution < -0.4 is 5.32 Å². The van der Waals surface area contributed by atoms with Crippen LogP contribution in [0.1, 0.15) is 31.4 Å². The summed E-state index contributed by atoms with van der Waals surface area (Å²) in [6, 6.07) is 9.03. The van der Waals surface area contributed by atoms with Gasteiger partial charge in [-0.2, -0.15) is 0 Å². The summed E-state index contributed by atoms with van der Waals surface area (Å²) in [5, 5.41) is 3.70. The molecule has 2 aliphatic carbocycles. The van der Waals surface area contributed by atoms with E-state index in [1.54, 1.807) is 0 Å². The van der Waals surface area contributed by atoms with Crippen LogP contribution in [0.3, 0.4) is 0 Å². The van der Waals surface area contributed by atoms with Crippen LogP contribution in [0.25, 0.3) is 0 Å². The first-order valence-corrected chi connectivity index (χ1v) is 7.69. The first-order valence-electron chi connectivity index (χ1n) is 6.89. The zero-order chi connectivity index (χ0) is 12.5. The Bertz CT molecular complexity index is 454. The number of hydrogen-bond acceptors (Lipinski definition) is 1. The summed E-state index contributed by atoms with van der Waals surface area (Å²) >= 11 is 3.54. The van der Waals surface area contributed by atoms with Gasteiger partial charge < -0.3 is 5.32 Å². The van der Waals surface area contributed by atoms with Crippen LogP contribution in [0.5, 0.6) is 0 Å². The highest BCUT2D eigenvalue weighted by Crippen LogP contribution is 2.43. The first-order chi connectivity index (χ1) is 8.72. The summed E-state index contributed by atoms with van der Waals surface area (Å²) in [6.07, 6.45) is 7.64. The van der Waals surface area contributed by atoms with Gasteiger partial charge in [-0.1, -0.05) is 40.2 Å². The maximum Gasteiger partial charge on any atom is 0.0292 e. The lowest BCUT2D eigenvalue weighted by atomic mass is 9.93.